The van der Waals surface area contributed by atoms with E-state index in [1.165, 1.54) is 10.9 Å². The summed E-state index contributed by atoms with van der Waals surface area (Å²) in [7, 11) is 0. The SMILES string of the molecule is C[C@@H](N1CN([C@H]2c3cc(Br)ccc3CSc3ccccc32)n2ccc(=O)c(O)c2C1=O)C(F)(F)F. The van der Waals surface area contributed by atoms with Gasteiger partial charge in [-0.1, -0.05) is 40.2 Å². The van der Waals surface area contributed by atoms with E-state index in [0.29, 0.717) is 10.7 Å². The smallest absolute Gasteiger partial charge is 0.408 e. The van der Waals surface area contributed by atoms with Gasteiger partial charge in [0.1, 0.15) is 12.7 Å². The number of amides is 1. The topological polar surface area (TPSA) is 65.8 Å². The highest BCUT2D eigenvalue weighted by Crippen LogP contribution is 2.44. The molecular weight excluding hydrogens is 547 g/mol. The molecule has 3 aromatic rings. The van der Waals surface area contributed by atoms with Crippen molar-refractivity contribution in [3.63, 3.8) is 0 Å². The molecule has 0 saturated heterocycles. The summed E-state index contributed by atoms with van der Waals surface area (Å²) < 4.78 is 43.4. The van der Waals surface area contributed by atoms with Crippen LogP contribution in [0.1, 0.15) is 40.1 Å². The van der Waals surface area contributed by atoms with Gasteiger partial charge in [0.15, 0.2) is 11.4 Å². The van der Waals surface area contributed by atoms with Crippen molar-refractivity contribution in [2.24, 2.45) is 0 Å². The first-order valence-electron chi connectivity index (χ1n) is 10.7. The fourth-order valence-corrected chi connectivity index (χ4v) is 5.94. The van der Waals surface area contributed by atoms with E-state index in [9.17, 15) is 27.9 Å². The maximum atomic E-state index is 13.8. The molecule has 0 bridgehead atoms. The van der Waals surface area contributed by atoms with Gasteiger partial charge in [-0.05, 0) is 41.8 Å². The molecule has 2 atom stereocenters. The molecule has 6 nitrogen and oxygen atoms in total. The number of hydrogen-bond donors (Lipinski definition) is 1. The van der Waals surface area contributed by atoms with Crippen LogP contribution in [0.4, 0.5) is 13.2 Å². The highest BCUT2D eigenvalue weighted by Gasteiger charge is 2.47. The molecule has 1 amide bonds. The van der Waals surface area contributed by atoms with E-state index in [0.717, 1.165) is 39.0 Å². The zero-order chi connectivity index (χ0) is 25.1. The molecule has 2 aliphatic heterocycles. The van der Waals surface area contributed by atoms with Crippen LogP contribution in [0.3, 0.4) is 0 Å². The first kappa shape index (κ1) is 23.8. The van der Waals surface area contributed by atoms with Crippen molar-refractivity contribution < 1.29 is 23.1 Å². The van der Waals surface area contributed by atoms with Crippen molar-refractivity contribution in [1.29, 1.82) is 0 Å². The zero-order valence-electron chi connectivity index (χ0n) is 18.3. The Hall–Kier alpha value is -2.92. The zero-order valence-corrected chi connectivity index (χ0v) is 20.7. The summed E-state index contributed by atoms with van der Waals surface area (Å²) in [6, 6.07) is 11.7. The van der Waals surface area contributed by atoms with E-state index in [4.69, 9.17) is 0 Å². The number of nitrogens with zero attached hydrogens (tertiary/aromatic N) is 3. The third-order valence-electron chi connectivity index (χ3n) is 6.33. The first-order chi connectivity index (χ1) is 16.6. The molecule has 3 heterocycles. The molecule has 0 aliphatic carbocycles. The second kappa shape index (κ2) is 8.63. The quantitative estimate of drug-likeness (QED) is 0.473. The van der Waals surface area contributed by atoms with Gasteiger partial charge in [-0.2, -0.15) is 13.2 Å². The van der Waals surface area contributed by atoms with Crippen molar-refractivity contribution in [3.05, 3.63) is 91.8 Å². The number of hydrogen-bond acceptors (Lipinski definition) is 5. The minimum atomic E-state index is -4.70. The van der Waals surface area contributed by atoms with E-state index >= 15 is 0 Å². The number of halogens is 4. The minimum Gasteiger partial charge on any atom is -0.502 e. The number of thioether (sulfide) groups is 1. The fourth-order valence-electron chi connectivity index (χ4n) is 4.47. The molecule has 0 spiro atoms. The molecule has 35 heavy (non-hydrogen) atoms. The van der Waals surface area contributed by atoms with Crippen LogP contribution in [0.2, 0.25) is 0 Å². The Bertz CT molecular complexity index is 1390. The molecule has 2 aromatic carbocycles. The first-order valence-corrected chi connectivity index (χ1v) is 12.4. The number of alkyl halides is 3. The van der Waals surface area contributed by atoms with Crippen LogP contribution >= 0.6 is 27.7 Å². The number of aromatic nitrogens is 1. The molecule has 5 rings (SSSR count). The van der Waals surface area contributed by atoms with Crippen LogP contribution in [0.25, 0.3) is 0 Å². The average molecular weight is 566 g/mol. The van der Waals surface area contributed by atoms with Gasteiger partial charge in [0.05, 0.1) is 6.04 Å². The lowest BCUT2D eigenvalue weighted by Crippen LogP contribution is -2.60. The molecule has 0 saturated carbocycles. The van der Waals surface area contributed by atoms with Crippen molar-refractivity contribution >= 4 is 33.6 Å². The van der Waals surface area contributed by atoms with E-state index in [1.54, 1.807) is 16.8 Å². The average Bonchev–Trinajstić information content (AvgIpc) is 2.97. The minimum absolute atomic E-state index is 0.412. The molecule has 1 N–H and O–H groups in total. The largest absolute Gasteiger partial charge is 0.502 e. The van der Waals surface area contributed by atoms with E-state index in [1.807, 2.05) is 42.5 Å². The summed E-state index contributed by atoms with van der Waals surface area (Å²) in [4.78, 5) is 27.0. The van der Waals surface area contributed by atoms with Crippen LogP contribution in [0.15, 0.2) is 68.9 Å². The number of pyridine rings is 1. The summed E-state index contributed by atoms with van der Waals surface area (Å²) in [5, 5.41) is 12.1. The van der Waals surface area contributed by atoms with Crippen LogP contribution in [0.5, 0.6) is 5.75 Å². The molecular formula is C24H19BrF3N3O3S. The van der Waals surface area contributed by atoms with Crippen molar-refractivity contribution in [2.75, 3.05) is 11.7 Å². The number of aromatic hydroxyl groups is 1. The molecule has 182 valence electrons. The number of fused-ring (bicyclic) bond motifs is 3. The van der Waals surface area contributed by atoms with Crippen LogP contribution < -0.4 is 10.4 Å². The maximum absolute atomic E-state index is 13.8. The predicted octanol–water partition coefficient (Wildman–Crippen LogP) is 5.01. The third-order valence-corrected chi connectivity index (χ3v) is 7.96. The van der Waals surface area contributed by atoms with E-state index in [-0.39, 0.29) is 0 Å². The Kier molecular flexibility index (Phi) is 5.87. The highest BCUT2D eigenvalue weighted by atomic mass is 79.9. The van der Waals surface area contributed by atoms with Crippen LogP contribution in [0, 0.1) is 0 Å². The second-order valence-electron chi connectivity index (χ2n) is 8.37. The predicted molar refractivity (Wildman–Crippen MR) is 129 cm³/mol. The molecule has 2 aliphatic rings. The van der Waals surface area contributed by atoms with Gasteiger partial charge in [-0.25, -0.2) is 0 Å². The van der Waals surface area contributed by atoms with Gasteiger partial charge >= 0.3 is 6.18 Å². The van der Waals surface area contributed by atoms with Gasteiger partial charge in [0, 0.05) is 27.4 Å². The lowest BCUT2D eigenvalue weighted by molar-refractivity contribution is -0.173. The summed E-state index contributed by atoms with van der Waals surface area (Å²) in [6.07, 6.45) is -3.38. The lowest BCUT2D eigenvalue weighted by Gasteiger charge is -2.46. The molecule has 0 radical (unpaired) electrons. The van der Waals surface area contributed by atoms with Gasteiger partial charge in [-0.15, -0.1) is 11.8 Å². The Morgan fingerprint density at radius 2 is 1.86 bits per heavy atom. The second-order valence-corrected chi connectivity index (χ2v) is 10.3. The van der Waals surface area contributed by atoms with Gasteiger partial charge < -0.3 is 10.0 Å². The summed E-state index contributed by atoms with van der Waals surface area (Å²) in [6.45, 7) is 0.482. The van der Waals surface area contributed by atoms with Crippen molar-refractivity contribution in [1.82, 2.24) is 9.58 Å². The lowest BCUT2D eigenvalue weighted by atomic mass is 9.94. The van der Waals surface area contributed by atoms with Gasteiger partial charge in [-0.3, -0.25) is 19.3 Å². The molecule has 0 fully saturated rings. The number of carbonyl (C=O) groups excluding carboxylic acids is 1. The maximum Gasteiger partial charge on any atom is 0.408 e. The summed E-state index contributed by atoms with van der Waals surface area (Å²) >= 11 is 5.12. The Morgan fingerprint density at radius 1 is 1.11 bits per heavy atom. The highest BCUT2D eigenvalue weighted by molar-refractivity contribution is 9.10. The van der Waals surface area contributed by atoms with Gasteiger partial charge in [0.2, 0.25) is 5.43 Å². The fraction of sp³-hybridized carbons (Fsp3) is 0.250. The Labute approximate surface area is 211 Å². The molecule has 11 heteroatoms. The van der Waals surface area contributed by atoms with E-state index in [2.05, 4.69) is 15.9 Å². The monoisotopic (exact) mass is 565 g/mol. The van der Waals surface area contributed by atoms with Crippen LogP contribution in [-0.4, -0.2) is 39.5 Å². The number of rotatable bonds is 2. The molecule has 1 aromatic heterocycles. The Morgan fingerprint density at radius 3 is 2.60 bits per heavy atom. The Balaban J connectivity index is 1.79. The molecule has 0 unspecified atom stereocenters. The summed E-state index contributed by atoms with van der Waals surface area (Å²) in [5.41, 5.74) is 1.33. The van der Waals surface area contributed by atoms with Gasteiger partial charge in [0.25, 0.3) is 5.91 Å². The number of benzene rings is 2. The van der Waals surface area contributed by atoms with Crippen molar-refractivity contribution in [3.8, 4) is 5.75 Å². The van der Waals surface area contributed by atoms with Crippen LogP contribution in [-0.2, 0) is 5.75 Å². The third kappa shape index (κ3) is 4.00. The number of carbonyl (C=O) groups is 1. The van der Waals surface area contributed by atoms with Crippen molar-refractivity contribution in [2.45, 2.75) is 35.8 Å². The standard InChI is InChI=1S/C24H19BrF3N3O3S/c1-13(24(26,27)28)29-12-31(30-9-8-18(32)22(33)21(30)23(29)34)20-16-4-2-3-5-19(16)35-11-14-6-7-15(25)10-17(14)20/h2-10,13,20,33H,11-12H2,1H3/t13-,20-/m1/s1. The normalized spacial score (nSPS) is 18.4. The summed E-state index contributed by atoms with van der Waals surface area (Å²) in [5.74, 6) is -1.30. The van der Waals surface area contributed by atoms with E-state index < -0.39 is 47.7 Å².